The topological polar surface area (TPSA) is 29.5 Å². The number of nitrogens with zero attached hydrogens (tertiary/aromatic N) is 1. The first-order valence-corrected chi connectivity index (χ1v) is 5.94. The summed E-state index contributed by atoms with van der Waals surface area (Å²) < 4.78 is 5.33. The molecule has 1 rings (SSSR count). The predicted molar refractivity (Wildman–Crippen MR) is 61.0 cm³/mol. The Morgan fingerprint density at radius 1 is 1.40 bits per heavy atom. The highest BCUT2D eigenvalue weighted by atomic mass is 16.5. The van der Waals surface area contributed by atoms with Crippen molar-refractivity contribution in [2.75, 3.05) is 33.4 Å². The van der Waals surface area contributed by atoms with E-state index in [1.807, 2.05) is 0 Å². The number of hydrogen-bond acceptors (Lipinski definition) is 3. The van der Waals surface area contributed by atoms with Gasteiger partial charge in [0.15, 0.2) is 0 Å². The number of ketones is 1. The summed E-state index contributed by atoms with van der Waals surface area (Å²) in [6.07, 6.45) is 4.10. The van der Waals surface area contributed by atoms with E-state index >= 15 is 0 Å². The normalized spacial score (nSPS) is 18.3. The predicted octanol–water partition coefficient (Wildman–Crippen LogP) is 1.71. The average Bonchev–Trinajstić information content (AvgIpc) is 2.18. The molecule has 1 saturated heterocycles. The van der Waals surface area contributed by atoms with Crippen molar-refractivity contribution in [3.05, 3.63) is 0 Å². The van der Waals surface area contributed by atoms with Gasteiger partial charge in [-0.2, -0.15) is 0 Å². The SMILES string of the molecule is CC(=O)CCCN(C)CC1CCOCC1. The number of carbonyl (C=O) groups is 1. The van der Waals surface area contributed by atoms with E-state index in [9.17, 15) is 4.79 Å². The fourth-order valence-corrected chi connectivity index (χ4v) is 2.06. The van der Waals surface area contributed by atoms with Crippen LogP contribution in [-0.4, -0.2) is 44.0 Å². The quantitative estimate of drug-likeness (QED) is 0.673. The molecule has 1 fully saturated rings. The summed E-state index contributed by atoms with van der Waals surface area (Å²) in [4.78, 5) is 13.1. The zero-order valence-electron chi connectivity index (χ0n) is 10.00. The molecule has 0 spiro atoms. The lowest BCUT2D eigenvalue weighted by atomic mass is 10.00. The van der Waals surface area contributed by atoms with E-state index in [4.69, 9.17) is 4.74 Å². The van der Waals surface area contributed by atoms with Gasteiger partial charge in [-0.25, -0.2) is 0 Å². The molecule has 3 heteroatoms. The van der Waals surface area contributed by atoms with E-state index < -0.39 is 0 Å². The zero-order valence-corrected chi connectivity index (χ0v) is 10.00. The average molecular weight is 213 g/mol. The molecule has 0 aromatic carbocycles. The van der Waals surface area contributed by atoms with Crippen LogP contribution in [0.5, 0.6) is 0 Å². The lowest BCUT2D eigenvalue weighted by molar-refractivity contribution is -0.117. The summed E-state index contributed by atoms with van der Waals surface area (Å²) in [6, 6.07) is 0. The van der Waals surface area contributed by atoms with Gasteiger partial charge in [-0.3, -0.25) is 0 Å². The molecule has 0 aliphatic carbocycles. The first kappa shape index (κ1) is 12.7. The van der Waals surface area contributed by atoms with Crippen molar-refractivity contribution >= 4 is 5.78 Å². The van der Waals surface area contributed by atoms with Crippen LogP contribution in [0.1, 0.15) is 32.6 Å². The number of carbonyl (C=O) groups excluding carboxylic acids is 1. The summed E-state index contributed by atoms with van der Waals surface area (Å²) in [5, 5.41) is 0. The first-order chi connectivity index (χ1) is 7.18. The molecule has 1 heterocycles. The summed E-state index contributed by atoms with van der Waals surface area (Å²) in [5.74, 6) is 1.09. The Morgan fingerprint density at radius 2 is 2.07 bits per heavy atom. The third-order valence-corrected chi connectivity index (χ3v) is 2.98. The first-order valence-electron chi connectivity index (χ1n) is 5.94. The summed E-state index contributed by atoms with van der Waals surface area (Å²) >= 11 is 0. The van der Waals surface area contributed by atoms with Crippen LogP contribution in [0.25, 0.3) is 0 Å². The van der Waals surface area contributed by atoms with Crippen molar-refractivity contribution in [2.45, 2.75) is 32.6 Å². The van der Waals surface area contributed by atoms with Gasteiger partial charge in [0.1, 0.15) is 5.78 Å². The van der Waals surface area contributed by atoms with Gasteiger partial charge in [-0.15, -0.1) is 0 Å². The van der Waals surface area contributed by atoms with Crippen LogP contribution in [-0.2, 0) is 9.53 Å². The van der Waals surface area contributed by atoms with Crippen molar-refractivity contribution in [1.82, 2.24) is 4.90 Å². The Kier molecular flexibility index (Phi) is 5.88. The molecule has 0 atom stereocenters. The van der Waals surface area contributed by atoms with Crippen LogP contribution in [0, 0.1) is 5.92 Å². The maximum absolute atomic E-state index is 10.8. The molecule has 1 aliphatic rings. The monoisotopic (exact) mass is 213 g/mol. The number of Topliss-reactive ketones (excluding diaryl/α,β-unsaturated/α-hetero) is 1. The maximum Gasteiger partial charge on any atom is 0.129 e. The second-order valence-electron chi connectivity index (χ2n) is 4.62. The van der Waals surface area contributed by atoms with Crippen molar-refractivity contribution in [3.63, 3.8) is 0 Å². The third kappa shape index (κ3) is 5.90. The van der Waals surface area contributed by atoms with Crippen molar-refractivity contribution in [1.29, 1.82) is 0 Å². The van der Waals surface area contributed by atoms with Crippen molar-refractivity contribution in [2.24, 2.45) is 5.92 Å². The van der Waals surface area contributed by atoms with Gasteiger partial charge in [-0.1, -0.05) is 0 Å². The van der Waals surface area contributed by atoms with Gasteiger partial charge in [0.25, 0.3) is 0 Å². The minimum Gasteiger partial charge on any atom is -0.381 e. The standard InChI is InChI=1S/C12H23NO2/c1-11(14)4-3-7-13(2)10-12-5-8-15-9-6-12/h12H,3-10H2,1-2H3. The van der Waals surface area contributed by atoms with Gasteiger partial charge in [0.2, 0.25) is 0 Å². The second kappa shape index (κ2) is 6.96. The van der Waals surface area contributed by atoms with E-state index in [1.165, 1.54) is 12.8 Å². The number of ether oxygens (including phenoxy) is 1. The van der Waals surface area contributed by atoms with Crippen LogP contribution >= 0.6 is 0 Å². The smallest absolute Gasteiger partial charge is 0.129 e. The minimum atomic E-state index is 0.300. The molecule has 3 nitrogen and oxygen atoms in total. The van der Waals surface area contributed by atoms with Crippen molar-refractivity contribution in [3.8, 4) is 0 Å². The maximum atomic E-state index is 10.8. The van der Waals surface area contributed by atoms with Gasteiger partial charge < -0.3 is 14.4 Å². The molecule has 0 bridgehead atoms. The minimum absolute atomic E-state index is 0.300. The molecule has 0 N–H and O–H groups in total. The Bertz CT molecular complexity index is 188. The van der Waals surface area contributed by atoms with Gasteiger partial charge in [0.05, 0.1) is 0 Å². The van der Waals surface area contributed by atoms with Crippen LogP contribution in [0.15, 0.2) is 0 Å². The van der Waals surface area contributed by atoms with Crippen LogP contribution in [0.2, 0.25) is 0 Å². The molecule has 15 heavy (non-hydrogen) atoms. The molecular weight excluding hydrogens is 190 g/mol. The lowest BCUT2D eigenvalue weighted by Crippen LogP contribution is -2.30. The molecule has 0 aromatic heterocycles. The summed E-state index contributed by atoms with van der Waals surface area (Å²) in [7, 11) is 2.15. The highest BCUT2D eigenvalue weighted by Gasteiger charge is 2.15. The van der Waals surface area contributed by atoms with E-state index in [0.29, 0.717) is 5.78 Å². The Hall–Kier alpha value is -0.410. The summed E-state index contributed by atoms with van der Waals surface area (Å²) in [6.45, 7) is 5.70. The number of rotatable bonds is 6. The summed E-state index contributed by atoms with van der Waals surface area (Å²) in [5.41, 5.74) is 0. The zero-order chi connectivity index (χ0) is 11.1. The van der Waals surface area contributed by atoms with Crippen molar-refractivity contribution < 1.29 is 9.53 Å². The molecular formula is C12H23NO2. The van der Waals surface area contributed by atoms with Crippen LogP contribution < -0.4 is 0 Å². The van der Waals surface area contributed by atoms with Crippen LogP contribution in [0.3, 0.4) is 0 Å². The van der Waals surface area contributed by atoms with E-state index in [1.54, 1.807) is 6.92 Å². The van der Waals surface area contributed by atoms with E-state index in [-0.39, 0.29) is 0 Å². The lowest BCUT2D eigenvalue weighted by Gasteiger charge is -2.26. The number of hydrogen-bond donors (Lipinski definition) is 0. The van der Waals surface area contributed by atoms with E-state index in [0.717, 1.165) is 45.1 Å². The van der Waals surface area contributed by atoms with Gasteiger partial charge in [0, 0.05) is 26.2 Å². The second-order valence-corrected chi connectivity index (χ2v) is 4.62. The van der Waals surface area contributed by atoms with E-state index in [2.05, 4.69) is 11.9 Å². The fraction of sp³-hybridized carbons (Fsp3) is 0.917. The highest BCUT2D eigenvalue weighted by Crippen LogP contribution is 2.15. The molecule has 88 valence electrons. The molecule has 1 aliphatic heterocycles. The molecule has 0 aromatic rings. The van der Waals surface area contributed by atoms with Crippen LogP contribution in [0.4, 0.5) is 0 Å². The molecule has 0 amide bonds. The Balaban J connectivity index is 2.06. The highest BCUT2D eigenvalue weighted by molar-refractivity contribution is 5.75. The third-order valence-electron chi connectivity index (χ3n) is 2.98. The molecule has 0 saturated carbocycles. The van der Waals surface area contributed by atoms with Gasteiger partial charge >= 0.3 is 0 Å². The largest absolute Gasteiger partial charge is 0.381 e. The molecule has 0 radical (unpaired) electrons. The fourth-order valence-electron chi connectivity index (χ4n) is 2.06. The Labute approximate surface area is 92.8 Å². The van der Waals surface area contributed by atoms with Gasteiger partial charge in [-0.05, 0) is 45.7 Å². The molecule has 0 unspecified atom stereocenters. The Morgan fingerprint density at radius 3 is 2.67 bits per heavy atom.